The van der Waals surface area contributed by atoms with Crippen molar-refractivity contribution in [3.63, 3.8) is 0 Å². The van der Waals surface area contributed by atoms with Crippen LogP contribution in [0.4, 0.5) is 0 Å². The van der Waals surface area contributed by atoms with Crippen LogP contribution in [0.15, 0.2) is 156 Å². The molecule has 3 heterocycles. The number of benzene rings is 6. The highest BCUT2D eigenvalue weighted by Gasteiger charge is 2.19. The molecule has 0 bridgehead atoms. The van der Waals surface area contributed by atoms with Gasteiger partial charge in [-0.2, -0.15) is 0 Å². The van der Waals surface area contributed by atoms with E-state index in [1.165, 1.54) is 20.5 Å². The van der Waals surface area contributed by atoms with Gasteiger partial charge >= 0.3 is 0 Å². The lowest BCUT2D eigenvalue weighted by Gasteiger charge is -2.12. The molecule has 0 atom stereocenters. The SMILES string of the molecule is c1ccc(-c2ccccc2-c2nc(-c3ccc(-c4cc5ccccc5s4)cc3)nc(-c3cccc4c3oc3ccccc34)n2)cc1. The van der Waals surface area contributed by atoms with Gasteiger partial charge in [0.1, 0.15) is 11.2 Å². The minimum absolute atomic E-state index is 0.570. The second kappa shape index (κ2) is 10.9. The molecular weight excluding hydrogens is 583 g/mol. The van der Waals surface area contributed by atoms with E-state index in [0.29, 0.717) is 17.5 Å². The van der Waals surface area contributed by atoms with Crippen LogP contribution < -0.4 is 0 Å². The monoisotopic (exact) mass is 607 g/mol. The van der Waals surface area contributed by atoms with Gasteiger partial charge in [0.2, 0.25) is 0 Å². The van der Waals surface area contributed by atoms with E-state index in [-0.39, 0.29) is 0 Å². The van der Waals surface area contributed by atoms with Gasteiger partial charge in [-0.25, -0.2) is 15.0 Å². The Morgan fingerprint density at radius 2 is 1.07 bits per heavy atom. The third-order valence-electron chi connectivity index (χ3n) is 8.39. The highest BCUT2D eigenvalue weighted by Crippen LogP contribution is 2.38. The van der Waals surface area contributed by atoms with E-state index in [1.807, 2.05) is 42.5 Å². The number of hydrogen-bond donors (Lipinski definition) is 0. The first-order valence-corrected chi connectivity index (χ1v) is 16.0. The number of aromatic nitrogens is 3. The summed E-state index contributed by atoms with van der Waals surface area (Å²) in [6.07, 6.45) is 0. The fraction of sp³-hybridized carbons (Fsp3) is 0. The summed E-state index contributed by atoms with van der Waals surface area (Å²) in [7, 11) is 0. The molecule has 0 saturated heterocycles. The molecule has 9 aromatic rings. The van der Waals surface area contributed by atoms with Gasteiger partial charge in [-0.1, -0.05) is 127 Å². The quantitative estimate of drug-likeness (QED) is 0.195. The van der Waals surface area contributed by atoms with E-state index in [2.05, 4.69) is 109 Å². The van der Waals surface area contributed by atoms with Crippen LogP contribution in [0.1, 0.15) is 0 Å². The lowest BCUT2D eigenvalue weighted by atomic mass is 9.99. The molecule has 0 spiro atoms. The van der Waals surface area contributed by atoms with Gasteiger partial charge < -0.3 is 4.42 Å². The first-order valence-electron chi connectivity index (χ1n) is 15.2. The largest absolute Gasteiger partial charge is 0.455 e. The fourth-order valence-electron chi connectivity index (χ4n) is 6.12. The Labute approximate surface area is 269 Å². The van der Waals surface area contributed by atoms with Crippen LogP contribution in [0.3, 0.4) is 0 Å². The molecule has 0 aliphatic carbocycles. The van der Waals surface area contributed by atoms with Crippen LogP contribution in [-0.2, 0) is 0 Å². The molecule has 0 amide bonds. The first kappa shape index (κ1) is 26.5. The second-order valence-electron chi connectivity index (χ2n) is 11.2. The van der Waals surface area contributed by atoms with Crippen molar-refractivity contribution in [1.82, 2.24) is 15.0 Å². The van der Waals surface area contributed by atoms with Crippen LogP contribution in [0, 0.1) is 0 Å². The normalized spacial score (nSPS) is 11.5. The maximum absolute atomic E-state index is 6.41. The molecule has 0 unspecified atom stereocenters. The number of rotatable bonds is 5. The maximum Gasteiger partial charge on any atom is 0.167 e. The Balaban J connectivity index is 1.23. The van der Waals surface area contributed by atoms with Crippen LogP contribution in [-0.4, -0.2) is 15.0 Å². The molecule has 6 aromatic carbocycles. The highest BCUT2D eigenvalue weighted by molar-refractivity contribution is 7.22. The van der Waals surface area contributed by atoms with Crippen LogP contribution in [0.2, 0.25) is 0 Å². The maximum atomic E-state index is 6.41. The number of nitrogens with zero attached hydrogens (tertiary/aromatic N) is 3. The van der Waals surface area contributed by atoms with Crippen molar-refractivity contribution in [2.45, 2.75) is 0 Å². The summed E-state index contributed by atoms with van der Waals surface area (Å²) < 4.78 is 7.70. The molecule has 0 N–H and O–H groups in total. The predicted molar refractivity (Wildman–Crippen MR) is 190 cm³/mol. The minimum atomic E-state index is 0.570. The van der Waals surface area contributed by atoms with Crippen LogP contribution in [0.5, 0.6) is 0 Å². The lowest BCUT2D eigenvalue weighted by Crippen LogP contribution is -2.01. The number of furan rings is 1. The van der Waals surface area contributed by atoms with Crippen molar-refractivity contribution in [2.75, 3.05) is 0 Å². The third-order valence-corrected chi connectivity index (χ3v) is 9.55. The number of fused-ring (bicyclic) bond motifs is 4. The smallest absolute Gasteiger partial charge is 0.167 e. The lowest BCUT2D eigenvalue weighted by molar-refractivity contribution is 0.669. The number of thiophene rings is 1. The van der Waals surface area contributed by atoms with Gasteiger partial charge in [0.15, 0.2) is 17.5 Å². The van der Waals surface area contributed by atoms with E-state index in [9.17, 15) is 0 Å². The van der Waals surface area contributed by atoms with Crippen molar-refractivity contribution < 1.29 is 4.42 Å². The number of hydrogen-bond acceptors (Lipinski definition) is 5. The third kappa shape index (κ3) is 4.57. The average molecular weight is 608 g/mol. The Morgan fingerprint density at radius 3 is 1.91 bits per heavy atom. The van der Waals surface area contributed by atoms with Gasteiger partial charge in [0.25, 0.3) is 0 Å². The van der Waals surface area contributed by atoms with Crippen molar-refractivity contribution in [3.05, 3.63) is 152 Å². The van der Waals surface area contributed by atoms with Gasteiger partial charge in [-0.15, -0.1) is 11.3 Å². The summed E-state index contributed by atoms with van der Waals surface area (Å²) in [6.45, 7) is 0. The zero-order chi connectivity index (χ0) is 30.5. The summed E-state index contributed by atoms with van der Waals surface area (Å²) in [6, 6.07) is 52.2. The topological polar surface area (TPSA) is 51.8 Å². The second-order valence-corrected chi connectivity index (χ2v) is 12.3. The van der Waals surface area contributed by atoms with Crippen molar-refractivity contribution in [2.24, 2.45) is 0 Å². The standard InChI is InChI=1S/C41H25N3OS/c1-2-11-26(12-3-1)30-14-5-6-16-33(30)40-42-39(28-23-21-27(22-24-28)37-25-29-13-4-9-20-36(29)46-37)43-41(44-40)34-18-10-17-32-31-15-7-8-19-35(31)45-38(32)34/h1-25H. The Bertz CT molecular complexity index is 2500. The molecule has 46 heavy (non-hydrogen) atoms. The molecule has 0 aliphatic rings. The van der Waals surface area contributed by atoms with Gasteiger partial charge in [0, 0.05) is 31.5 Å². The fourth-order valence-corrected chi connectivity index (χ4v) is 7.19. The van der Waals surface area contributed by atoms with Crippen LogP contribution in [0.25, 0.3) is 87.8 Å². The zero-order valence-corrected chi connectivity index (χ0v) is 25.4. The van der Waals surface area contributed by atoms with Gasteiger partial charge in [-0.3, -0.25) is 0 Å². The summed E-state index contributed by atoms with van der Waals surface area (Å²) in [5.74, 6) is 1.79. The zero-order valence-electron chi connectivity index (χ0n) is 24.6. The molecule has 0 radical (unpaired) electrons. The van der Waals surface area contributed by atoms with Gasteiger partial charge in [0.05, 0.1) is 5.56 Å². The molecule has 3 aromatic heterocycles. The van der Waals surface area contributed by atoms with E-state index in [0.717, 1.165) is 49.8 Å². The molecular formula is C41H25N3OS. The number of para-hydroxylation sites is 2. The highest BCUT2D eigenvalue weighted by atomic mass is 32.1. The molecule has 5 heteroatoms. The predicted octanol–water partition coefficient (Wildman–Crippen LogP) is 11.3. The Morgan fingerprint density at radius 1 is 0.435 bits per heavy atom. The van der Waals surface area contributed by atoms with E-state index < -0.39 is 0 Å². The molecule has 0 saturated carbocycles. The van der Waals surface area contributed by atoms with Gasteiger partial charge in [-0.05, 0) is 46.3 Å². The molecule has 4 nitrogen and oxygen atoms in total. The van der Waals surface area contributed by atoms with E-state index in [1.54, 1.807) is 11.3 Å². The summed E-state index contributed by atoms with van der Waals surface area (Å²) in [4.78, 5) is 16.5. The molecule has 216 valence electrons. The molecule has 9 rings (SSSR count). The van der Waals surface area contributed by atoms with Crippen LogP contribution >= 0.6 is 11.3 Å². The Hall–Kier alpha value is -5.91. The summed E-state index contributed by atoms with van der Waals surface area (Å²) in [5.41, 5.74) is 7.63. The Kier molecular flexibility index (Phi) is 6.28. The molecule has 0 fully saturated rings. The minimum Gasteiger partial charge on any atom is -0.455 e. The van der Waals surface area contributed by atoms with E-state index in [4.69, 9.17) is 19.4 Å². The first-order chi connectivity index (χ1) is 22.8. The summed E-state index contributed by atoms with van der Waals surface area (Å²) >= 11 is 1.80. The average Bonchev–Trinajstić information content (AvgIpc) is 3.74. The summed E-state index contributed by atoms with van der Waals surface area (Å²) in [5, 5.41) is 3.37. The van der Waals surface area contributed by atoms with Crippen molar-refractivity contribution >= 4 is 43.4 Å². The van der Waals surface area contributed by atoms with Crippen molar-refractivity contribution in [1.29, 1.82) is 0 Å². The molecule has 0 aliphatic heterocycles. The van der Waals surface area contributed by atoms with Crippen molar-refractivity contribution in [3.8, 4) is 55.7 Å². The van der Waals surface area contributed by atoms with E-state index >= 15 is 0 Å².